The van der Waals surface area contributed by atoms with Gasteiger partial charge in [0.25, 0.3) is 5.91 Å². The summed E-state index contributed by atoms with van der Waals surface area (Å²) in [6.45, 7) is -0.829. The molecule has 1 N–H and O–H groups in total. The van der Waals surface area contributed by atoms with E-state index in [1.165, 1.54) is 0 Å². The van der Waals surface area contributed by atoms with Crippen LogP contribution < -0.4 is 0 Å². The minimum atomic E-state index is -4.37. The van der Waals surface area contributed by atoms with E-state index >= 15 is 0 Å². The van der Waals surface area contributed by atoms with Crippen LogP contribution in [0.2, 0.25) is 0 Å². The van der Waals surface area contributed by atoms with Crippen LogP contribution in [-0.2, 0) is 12.1 Å². The van der Waals surface area contributed by atoms with E-state index in [-0.39, 0.29) is 23.6 Å². The van der Waals surface area contributed by atoms with E-state index in [1.807, 2.05) is 30.3 Å². The molecule has 8 heteroatoms. The van der Waals surface area contributed by atoms with Gasteiger partial charge in [0.15, 0.2) is 0 Å². The number of halogens is 3. The highest BCUT2D eigenvalue weighted by atomic mass is 19.4. The van der Waals surface area contributed by atoms with E-state index in [9.17, 15) is 23.1 Å². The van der Waals surface area contributed by atoms with Crippen molar-refractivity contribution in [1.29, 1.82) is 0 Å². The number of benzene rings is 1. The van der Waals surface area contributed by atoms with E-state index in [1.54, 1.807) is 4.90 Å². The van der Waals surface area contributed by atoms with Crippen LogP contribution in [0.15, 0.2) is 42.9 Å². The van der Waals surface area contributed by atoms with Crippen molar-refractivity contribution in [1.82, 2.24) is 14.5 Å². The molecule has 156 valence electrons. The average molecular weight is 407 g/mol. The maximum atomic E-state index is 13.1. The van der Waals surface area contributed by atoms with Gasteiger partial charge in [0.1, 0.15) is 12.2 Å². The van der Waals surface area contributed by atoms with Gasteiger partial charge in [-0.1, -0.05) is 43.2 Å². The highest BCUT2D eigenvalue weighted by Crippen LogP contribution is 2.47. The predicted octanol–water partition coefficient (Wildman–Crippen LogP) is 3.74. The molecule has 1 aromatic heterocycles. The van der Waals surface area contributed by atoms with Gasteiger partial charge in [-0.2, -0.15) is 13.2 Å². The number of hydrogen-bond acceptors (Lipinski definition) is 3. The second-order valence-electron chi connectivity index (χ2n) is 8.04. The first-order chi connectivity index (χ1) is 13.8. The predicted molar refractivity (Wildman–Crippen MR) is 100 cm³/mol. The summed E-state index contributed by atoms with van der Waals surface area (Å²) >= 11 is 0. The highest BCUT2D eigenvalue weighted by molar-refractivity contribution is 5.92. The van der Waals surface area contributed by atoms with Crippen molar-refractivity contribution >= 4 is 5.91 Å². The molecular formula is C21H24F3N3O2. The van der Waals surface area contributed by atoms with Crippen LogP contribution in [0, 0.1) is 5.92 Å². The first-order valence-electron chi connectivity index (χ1n) is 9.95. The molecule has 1 saturated heterocycles. The summed E-state index contributed by atoms with van der Waals surface area (Å²) in [5.41, 5.74) is -0.124. The number of aliphatic hydroxyl groups is 1. The summed E-state index contributed by atoms with van der Waals surface area (Å²) in [6, 6.07) is 9.39. The number of fused-ring (bicyclic) bond motifs is 1. The smallest absolute Gasteiger partial charge is 0.385 e. The van der Waals surface area contributed by atoms with Crippen LogP contribution in [0.25, 0.3) is 0 Å². The molecule has 29 heavy (non-hydrogen) atoms. The van der Waals surface area contributed by atoms with Gasteiger partial charge in [0.05, 0.1) is 11.9 Å². The van der Waals surface area contributed by atoms with E-state index in [0.29, 0.717) is 13.0 Å². The number of likely N-dealkylation sites (tertiary alicyclic amines) is 1. The number of imidazole rings is 1. The lowest BCUT2D eigenvalue weighted by Gasteiger charge is -2.52. The zero-order valence-corrected chi connectivity index (χ0v) is 16.0. The molecule has 1 unspecified atom stereocenters. The number of hydrogen-bond donors (Lipinski definition) is 1. The molecule has 1 aromatic carbocycles. The third-order valence-electron chi connectivity index (χ3n) is 6.23. The Labute approximate surface area is 167 Å². The lowest BCUT2D eigenvalue weighted by atomic mass is 9.66. The zero-order valence-electron chi connectivity index (χ0n) is 16.0. The molecule has 1 amide bonds. The Bertz CT molecular complexity index is 868. The number of piperidine rings is 1. The molecule has 3 atom stereocenters. The van der Waals surface area contributed by atoms with E-state index in [4.69, 9.17) is 0 Å². The Morgan fingerprint density at radius 2 is 1.93 bits per heavy atom. The first kappa shape index (κ1) is 19.9. The Balaban J connectivity index is 1.58. The fraction of sp³-hybridized carbons (Fsp3) is 0.524. The summed E-state index contributed by atoms with van der Waals surface area (Å²) < 4.78 is 38.7. The maximum Gasteiger partial charge on any atom is 0.406 e. The van der Waals surface area contributed by atoms with E-state index < -0.39 is 18.3 Å². The minimum Gasteiger partial charge on any atom is -0.385 e. The Morgan fingerprint density at radius 3 is 2.66 bits per heavy atom. The molecule has 2 fully saturated rings. The molecule has 4 rings (SSSR count). The largest absolute Gasteiger partial charge is 0.406 e. The lowest BCUT2D eigenvalue weighted by molar-refractivity contribution is -0.140. The van der Waals surface area contributed by atoms with Gasteiger partial charge in [-0.05, 0) is 24.8 Å². The van der Waals surface area contributed by atoms with Crippen LogP contribution in [-0.4, -0.2) is 44.2 Å². The normalized spacial score (nSPS) is 27.5. The third kappa shape index (κ3) is 3.90. The highest BCUT2D eigenvalue weighted by Gasteiger charge is 2.50. The van der Waals surface area contributed by atoms with Gasteiger partial charge in [-0.3, -0.25) is 4.79 Å². The van der Waals surface area contributed by atoms with Crippen LogP contribution in [0.1, 0.15) is 48.2 Å². The molecular weight excluding hydrogens is 383 g/mol. The average Bonchev–Trinajstić information content (AvgIpc) is 3.15. The maximum absolute atomic E-state index is 13.1. The SMILES string of the molecule is O=C(c1cn(CC(F)(F)F)cn1)N1CCC(O)(c2ccccc2)[C@H]2CCCC[C@H]21. The van der Waals surface area contributed by atoms with Gasteiger partial charge < -0.3 is 14.6 Å². The van der Waals surface area contributed by atoms with Crippen molar-refractivity contribution in [2.24, 2.45) is 5.92 Å². The van der Waals surface area contributed by atoms with Crippen molar-refractivity contribution in [2.45, 2.75) is 56.5 Å². The Morgan fingerprint density at radius 1 is 1.21 bits per heavy atom. The Kier molecular flexibility index (Phi) is 5.14. The first-order valence-corrected chi connectivity index (χ1v) is 9.95. The molecule has 1 aliphatic carbocycles. The third-order valence-corrected chi connectivity index (χ3v) is 6.23. The van der Waals surface area contributed by atoms with Crippen molar-refractivity contribution in [3.8, 4) is 0 Å². The van der Waals surface area contributed by atoms with E-state index in [0.717, 1.165) is 48.3 Å². The fourth-order valence-electron chi connectivity index (χ4n) is 4.93. The lowest BCUT2D eigenvalue weighted by Crippen LogP contribution is -2.59. The number of alkyl halides is 3. The number of carbonyl (C=O) groups excluding carboxylic acids is 1. The Hall–Kier alpha value is -2.35. The number of rotatable bonds is 3. The number of carbonyl (C=O) groups is 1. The fourth-order valence-corrected chi connectivity index (χ4v) is 4.93. The summed E-state index contributed by atoms with van der Waals surface area (Å²) in [4.78, 5) is 18.7. The quantitative estimate of drug-likeness (QED) is 0.843. The number of aromatic nitrogens is 2. The summed E-state index contributed by atoms with van der Waals surface area (Å²) in [6.07, 6.45) is 1.75. The molecule has 1 saturated carbocycles. The molecule has 1 aliphatic heterocycles. The van der Waals surface area contributed by atoms with Crippen LogP contribution in [0.3, 0.4) is 0 Å². The summed E-state index contributed by atoms with van der Waals surface area (Å²) in [5.74, 6) is -0.466. The topological polar surface area (TPSA) is 58.4 Å². The van der Waals surface area contributed by atoms with E-state index in [2.05, 4.69) is 4.98 Å². The van der Waals surface area contributed by atoms with Gasteiger partial charge in [-0.25, -0.2) is 4.98 Å². The van der Waals surface area contributed by atoms with Crippen LogP contribution in [0.5, 0.6) is 0 Å². The minimum absolute atomic E-state index is 0.0173. The van der Waals surface area contributed by atoms with Gasteiger partial charge in [0, 0.05) is 24.7 Å². The number of nitrogens with zero attached hydrogens (tertiary/aromatic N) is 3. The zero-order chi connectivity index (χ0) is 20.6. The standard InChI is InChI=1S/C21H24F3N3O2/c22-21(23,24)13-26-12-17(25-14-26)19(28)27-11-10-20(29,15-6-2-1-3-7-15)16-8-4-5-9-18(16)27/h1-3,6-7,12,14,16,18,29H,4-5,8-11,13H2/t16-,18+,20?/m0/s1. The molecule has 5 nitrogen and oxygen atoms in total. The van der Waals surface area contributed by atoms with Crippen LogP contribution in [0.4, 0.5) is 13.2 Å². The molecule has 0 spiro atoms. The molecule has 2 aromatic rings. The monoisotopic (exact) mass is 407 g/mol. The van der Waals surface area contributed by atoms with Crippen molar-refractivity contribution in [3.05, 3.63) is 54.1 Å². The van der Waals surface area contributed by atoms with Gasteiger partial charge in [0.2, 0.25) is 0 Å². The second kappa shape index (κ2) is 7.48. The van der Waals surface area contributed by atoms with Gasteiger partial charge in [-0.15, -0.1) is 0 Å². The second-order valence-corrected chi connectivity index (χ2v) is 8.04. The molecule has 0 radical (unpaired) electrons. The van der Waals surface area contributed by atoms with Crippen molar-refractivity contribution in [2.75, 3.05) is 6.54 Å². The molecule has 2 heterocycles. The summed E-state index contributed by atoms with van der Waals surface area (Å²) in [7, 11) is 0. The van der Waals surface area contributed by atoms with Crippen molar-refractivity contribution in [3.63, 3.8) is 0 Å². The van der Waals surface area contributed by atoms with Crippen molar-refractivity contribution < 1.29 is 23.1 Å². The number of amides is 1. The molecule has 2 aliphatic rings. The molecule has 0 bridgehead atoms. The van der Waals surface area contributed by atoms with Crippen LogP contribution >= 0.6 is 0 Å². The van der Waals surface area contributed by atoms with Gasteiger partial charge >= 0.3 is 6.18 Å². The summed E-state index contributed by atoms with van der Waals surface area (Å²) in [5, 5.41) is 11.6.